The molecule has 0 saturated heterocycles. The van der Waals surface area contributed by atoms with E-state index in [9.17, 15) is 22.4 Å². The molecule has 0 N–H and O–H groups in total. The van der Waals surface area contributed by atoms with Crippen LogP contribution in [0.25, 0.3) is 0 Å². The van der Waals surface area contributed by atoms with E-state index in [1.807, 2.05) is 0 Å². The maximum absolute atomic E-state index is 13.2. The third-order valence-corrected chi connectivity index (χ3v) is 7.14. The lowest BCUT2D eigenvalue weighted by molar-refractivity contribution is -0.119. The number of anilines is 1. The van der Waals surface area contributed by atoms with Gasteiger partial charge in [0, 0.05) is 24.8 Å². The number of pyridine rings is 1. The summed E-state index contributed by atoms with van der Waals surface area (Å²) in [6, 6.07) is 15.4. The first-order valence-corrected chi connectivity index (χ1v) is 12.9. The van der Waals surface area contributed by atoms with Crippen molar-refractivity contribution in [2.45, 2.75) is 37.0 Å². The number of carbonyl (C=O) groups excluding carboxylic acids is 2. The van der Waals surface area contributed by atoms with Crippen molar-refractivity contribution in [2.75, 3.05) is 17.7 Å². The molecule has 1 unspecified atom stereocenters. The van der Waals surface area contributed by atoms with Crippen molar-refractivity contribution in [3.63, 3.8) is 0 Å². The molecule has 0 spiro atoms. The first kappa shape index (κ1) is 23.8. The second-order valence-corrected chi connectivity index (χ2v) is 10.6. The van der Waals surface area contributed by atoms with Crippen molar-refractivity contribution >= 4 is 27.2 Å². The predicted molar refractivity (Wildman–Crippen MR) is 127 cm³/mol. The number of nitrogens with zero attached hydrogens (tertiary/aromatic N) is 2. The van der Waals surface area contributed by atoms with Crippen LogP contribution in [0.1, 0.15) is 46.6 Å². The van der Waals surface area contributed by atoms with Crippen LogP contribution in [-0.4, -0.2) is 37.9 Å². The quantitative estimate of drug-likeness (QED) is 0.530. The summed E-state index contributed by atoms with van der Waals surface area (Å²) in [6.07, 6.45) is 2.67. The number of sulfone groups is 1. The Morgan fingerprint density at radius 1 is 1.09 bits per heavy atom. The molecule has 0 radical (unpaired) electrons. The second kappa shape index (κ2) is 9.46. The van der Waals surface area contributed by atoms with Gasteiger partial charge in [-0.2, -0.15) is 0 Å². The van der Waals surface area contributed by atoms with Gasteiger partial charge in [0.2, 0.25) is 0 Å². The fourth-order valence-corrected chi connectivity index (χ4v) is 4.72. The van der Waals surface area contributed by atoms with E-state index in [2.05, 4.69) is 0 Å². The summed E-state index contributed by atoms with van der Waals surface area (Å²) in [5, 5.41) is 0. The summed E-state index contributed by atoms with van der Waals surface area (Å²) in [4.78, 5) is 32.4. The number of halogens is 1. The van der Waals surface area contributed by atoms with E-state index in [1.54, 1.807) is 48.2 Å². The summed E-state index contributed by atoms with van der Waals surface area (Å²) >= 11 is 0. The van der Waals surface area contributed by atoms with Crippen molar-refractivity contribution in [2.24, 2.45) is 0 Å². The van der Waals surface area contributed by atoms with E-state index in [1.165, 1.54) is 24.3 Å². The van der Waals surface area contributed by atoms with Crippen LogP contribution in [0.15, 0.2) is 65.6 Å². The topological polar surface area (TPSA) is 84.4 Å². The van der Waals surface area contributed by atoms with Crippen LogP contribution in [0.3, 0.4) is 0 Å². The Bertz CT molecular complexity index is 1350. The lowest BCUT2D eigenvalue weighted by Crippen LogP contribution is -2.36. The minimum atomic E-state index is -3.43. The third-order valence-electron chi connectivity index (χ3n) is 6.03. The lowest BCUT2D eigenvalue weighted by atomic mass is 9.95. The highest BCUT2D eigenvalue weighted by Crippen LogP contribution is 2.30. The number of hydrogen-bond acceptors (Lipinski definition) is 5. The molecule has 1 aromatic heterocycles. The van der Waals surface area contributed by atoms with Gasteiger partial charge in [0.15, 0.2) is 9.84 Å². The molecule has 176 valence electrons. The number of Topliss-reactive ketones (excluding diaryl/α,β-unsaturated/α-hetero) is 1. The first-order chi connectivity index (χ1) is 16.1. The van der Waals surface area contributed by atoms with Gasteiger partial charge in [-0.1, -0.05) is 18.2 Å². The van der Waals surface area contributed by atoms with Crippen LogP contribution >= 0.6 is 0 Å². The fraction of sp³-hybridized carbons (Fsp3) is 0.269. The molecular weight excluding hydrogens is 455 g/mol. The van der Waals surface area contributed by atoms with Crippen LogP contribution in [0.4, 0.5) is 10.1 Å². The normalized spacial score (nSPS) is 14.4. The second-order valence-electron chi connectivity index (χ2n) is 8.55. The van der Waals surface area contributed by atoms with Gasteiger partial charge in [-0.3, -0.25) is 14.6 Å². The molecule has 4 rings (SSSR count). The molecule has 0 fully saturated rings. The van der Waals surface area contributed by atoms with E-state index >= 15 is 0 Å². The van der Waals surface area contributed by atoms with E-state index < -0.39 is 15.8 Å². The Balaban J connectivity index is 1.56. The largest absolute Gasteiger partial charge is 0.307 e. The fourth-order valence-electron chi connectivity index (χ4n) is 4.05. The zero-order chi connectivity index (χ0) is 24.5. The van der Waals surface area contributed by atoms with Crippen molar-refractivity contribution in [3.8, 4) is 0 Å². The molecule has 1 aliphatic rings. The molecule has 2 heterocycles. The first-order valence-electron chi connectivity index (χ1n) is 11.0. The maximum Gasteiger partial charge on any atom is 0.258 e. The summed E-state index contributed by atoms with van der Waals surface area (Å²) in [5.74, 6) is -1.11. The molecule has 0 aliphatic carbocycles. The van der Waals surface area contributed by atoms with Crippen LogP contribution in [-0.2, 0) is 27.5 Å². The van der Waals surface area contributed by atoms with Gasteiger partial charge in [0.1, 0.15) is 11.6 Å². The van der Waals surface area contributed by atoms with Gasteiger partial charge in [-0.15, -0.1) is 0 Å². The zero-order valence-corrected chi connectivity index (χ0v) is 19.8. The number of hydrogen-bond donors (Lipinski definition) is 0. The molecule has 8 heteroatoms. The van der Waals surface area contributed by atoms with Gasteiger partial charge in [0.25, 0.3) is 5.91 Å². The number of rotatable bonds is 6. The van der Waals surface area contributed by atoms with E-state index in [4.69, 9.17) is 4.98 Å². The Hall–Kier alpha value is -3.39. The number of fused-ring (bicyclic) bond motifs is 1. The summed E-state index contributed by atoms with van der Waals surface area (Å²) in [7, 11) is -3.43. The number of ketones is 1. The molecule has 2 aromatic carbocycles. The molecule has 0 saturated carbocycles. The molecule has 6 nitrogen and oxygen atoms in total. The minimum absolute atomic E-state index is 0.0274. The summed E-state index contributed by atoms with van der Waals surface area (Å²) < 4.78 is 36.9. The van der Waals surface area contributed by atoms with Crippen LogP contribution in [0.2, 0.25) is 0 Å². The number of benzene rings is 2. The Morgan fingerprint density at radius 2 is 1.82 bits per heavy atom. The van der Waals surface area contributed by atoms with Gasteiger partial charge in [-0.05, 0) is 67.8 Å². The maximum atomic E-state index is 13.2. The number of carbonyl (C=O) groups is 2. The third kappa shape index (κ3) is 5.07. The Kier molecular flexibility index (Phi) is 6.61. The van der Waals surface area contributed by atoms with Gasteiger partial charge in [0.05, 0.1) is 27.9 Å². The monoisotopic (exact) mass is 480 g/mol. The van der Waals surface area contributed by atoms with E-state index in [0.717, 1.165) is 17.5 Å². The van der Waals surface area contributed by atoms with E-state index in [-0.39, 0.29) is 28.8 Å². The molecular formula is C26H25FN2O4S. The molecule has 1 atom stereocenters. The molecule has 1 amide bonds. The molecule has 1 aliphatic heterocycles. The molecule has 3 aromatic rings. The summed E-state index contributed by atoms with van der Waals surface area (Å²) in [6.45, 7) is 2.29. The summed E-state index contributed by atoms with van der Waals surface area (Å²) in [5.41, 5.74) is 3.06. The van der Waals surface area contributed by atoms with Crippen LogP contribution in [0.5, 0.6) is 0 Å². The van der Waals surface area contributed by atoms with Crippen molar-refractivity contribution in [1.29, 1.82) is 0 Å². The SMILES string of the molecule is CC(C(=O)Cc1ccc(F)cc1)c1ccc2c(n1)CCCN2C(=O)c1cccc(S(C)(=O)=O)c1. The Labute approximate surface area is 198 Å². The number of amides is 1. The highest BCUT2D eigenvalue weighted by Gasteiger charge is 2.27. The smallest absolute Gasteiger partial charge is 0.258 e. The van der Waals surface area contributed by atoms with Gasteiger partial charge in [-0.25, -0.2) is 12.8 Å². The lowest BCUT2D eigenvalue weighted by Gasteiger charge is -2.29. The number of aryl methyl sites for hydroxylation is 1. The van der Waals surface area contributed by atoms with Gasteiger partial charge < -0.3 is 4.90 Å². The zero-order valence-electron chi connectivity index (χ0n) is 19.0. The van der Waals surface area contributed by atoms with E-state index in [0.29, 0.717) is 36.3 Å². The molecule has 34 heavy (non-hydrogen) atoms. The van der Waals surface area contributed by atoms with Crippen molar-refractivity contribution in [1.82, 2.24) is 4.98 Å². The van der Waals surface area contributed by atoms with Crippen LogP contribution in [0, 0.1) is 5.82 Å². The predicted octanol–water partition coefficient (Wildman–Crippen LogP) is 4.13. The van der Waals surface area contributed by atoms with Crippen molar-refractivity contribution in [3.05, 3.63) is 89.0 Å². The van der Waals surface area contributed by atoms with Crippen molar-refractivity contribution < 1.29 is 22.4 Å². The average molecular weight is 481 g/mol. The number of aromatic nitrogens is 1. The minimum Gasteiger partial charge on any atom is -0.307 e. The highest BCUT2D eigenvalue weighted by atomic mass is 32.2. The standard InChI is InChI=1S/C26H25FN2O4S/c1-17(25(30)15-18-8-10-20(27)11-9-18)22-12-13-24-23(28-22)7-4-14-29(24)26(31)19-5-3-6-21(16-19)34(2,32)33/h3,5-6,8-13,16-17H,4,7,14-15H2,1-2H3. The average Bonchev–Trinajstić information content (AvgIpc) is 2.83. The Morgan fingerprint density at radius 3 is 2.53 bits per heavy atom. The highest BCUT2D eigenvalue weighted by molar-refractivity contribution is 7.90. The van der Waals surface area contributed by atoms with Gasteiger partial charge >= 0.3 is 0 Å². The molecule has 0 bridgehead atoms. The van der Waals surface area contributed by atoms with Crippen LogP contribution < -0.4 is 4.90 Å².